The molecule has 0 unspecified atom stereocenters. The van der Waals surface area contributed by atoms with E-state index in [0.717, 1.165) is 18.8 Å². The van der Waals surface area contributed by atoms with Gasteiger partial charge >= 0.3 is 0 Å². The Balaban J connectivity index is 3.73. The second kappa shape index (κ2) is 3.59. The van der Waals surface area contributed by atoms with Crippen molar-refractivity contribution in [3.05, 3.63) is 0 Å². The van der Waals surface area contributed by atoms with Gasteiger partial charge in [-0.25, -0.2) is 0 Å². The van der Waals surface area contributed by atoms with Gasteiger partial charge in [-0.2, -0.15) is 0 Å². The van der Waals surface area contributed by atoms with Crippen LogP contribution in [0.2, 0.25) is 0 Å². The van der Waals surface area contributed by atoms with Crippen molar-refractivity contribution in [3.63, 3.8) is 0 Å². The fourth-order valence-corrected chi connectivity index (χ4v) is 0.451. The summed E-state index contributed by atoms with van der Waals surface area (Å²) in [6.07, 6.45) is 0.857. The molecule has 0 saturated heterocycles. The van der Waals surface area contributed by atoms with E-state index in [9.17, 15) is 0 Å². The van der Waals surface area contributed by atoms with Crippen molar-refractivity contribution >= 4 is 5.84 Å². The molecule has 2 nitrogen and oxygen atoms in total. The number of rotatable bonds is 2. The molecule has 0 aliphatic rings. The normalized spacial score (nSPS) is 13.8. The molecule has 0 aromatic heterocycles. The van der Waals surface area contributed by atoms with E-state index in [1.807, 2.05) is 6.92 Å². The summed E-state index contributed by atoms with van der Waals surface area (Å²) in [5.74, 6) is 0.759. The van der Waals surface area contributed by atoms with Crippen LogP contribution in [0, 0.1) is 5.41 Å². The number of hydrogen-bond donors (Lipinski definition) is 1. The van der Waals surface area contributed by atoms with Crippen molar-refractivity contribution < 1.29 is 0 Å². The van der Waals surface area contributed by atoms with Gasteiger partial charge in [0.05, 0.1) is 5.84 Å². The minimum absolute atomic E-state index is 0.264. The molecule has 60 valence electrons. The fraction of sp³-hybridized carbons (Fsp3) is 0.875. The summed E-state index contributed by atoms with van der Waals surface area (Å²) in [6.45, 7) is 9.30. The van der Waals surface area contributed by atoms with Crippen LogP contribution in [-0.4, -0.2) is 12.4 Å². The first-order chi connectivity index (χ1) is 4.45. The molecular weight excluding hydrogens is 124 g/mol. The predicted molar refractivity (Wildman–Crippen MR) is 46.2 cm³/mol. The van der Waals surface area contributed by atoms with Gasteiger partial charge in [-0.05, 0) is 5.41 Å². The third kappa shape index (κ3) is 5.60. The lowest BCUT2D eigenvalue weighted by Gasteiger charge is -2.14. The van der Waals surface area contributed by atoms with Gasteiger partial charge < -0.3 is 5.73 Å². The molecule has 2 N–H and O–H groups in total. The van der Waals surface area contributed by atoms with E-state index in [4.69, 9.17) is 5.73 Å². The molecule has 0 saturated carbocycles. The predicted octanol–water partition coefficient (Wildman–Crippen LogP) is 1.80. The minimum Gasteiger partial charge on any atom is -0.387 e. The highest BCUT2D eigenvalue weighted by Crippen LogP contribution is 2.12. The van der Waals surface area contributed by atoms with Gasteiger partial charge in [0, 0.05) is 13.0 Å². The monoisotopic (exact) mass is 142 g/mol. The first kappa shape index (κ1) is 9.47. The van der Waals surface area contributed by atoms with Crippen molar-refractivity contribution in [1.29, 1.82) is 0 Å². The summed E-state index contributed by atoms with van der Waals surface area (Å²) in [5.41, 5.74) is 5.79. The number of amidine groups is 1. The Labute approximate surface area is 63.5 Å². The maximum Gasteiger partial charge on any atom is 0.0934 e. The molecule has 0 aromatic carbocycles. The molecule has 0 amide bonds. The van der Waals surface area contributed by atoms with E-state index >= 15 is 0 Å². The molecule has 0 bridgehead atoms. The molecule has 0 aliphatic carbocycles. The molecule has 10 heavy (non-hydrogen) atoms. The lowest BCUT2D eigenvalue weighted by Crippen LogP contribution is -2.16. The molecule has 0 aromatic rings. The SMILES string of the molecule is CCC(N)=NCC(C)(C)C. The van der Waals surface area contributed by atoms with E-state index in [0.29, 0.717) is 0 Å². The minimum atomic E-state index is 0.264. The summed E-state index contributed by atoms with van der Waals surface area (Å²) in [5, 5.41) is 0. The number of aliphatic imine (C=N–C) groups is 1. The van der Waals surface area contributed by atoms with Crippen LogP contribution in [0.5, 0.6) is 0 Å². The van der Waals surface area contributed by atoms with Gasteiger partial charge in [0.25, 0.3) is 0 Å². The standard InChI is InChI=1S/C8H18N2/c1-5-7(9)10-6-8(2,3)4/h5-6H2,1-4H3,(H2,9,10). The lowest BCUT2D eigenvalue weighted by atomic mass is 9.97. The molecule has 0 fully saturated rings. The summed E-state index contributed by atoms with van der Waals surface area (Å²) < 4.78 is 0. The zero-order valence-electron chi connectivity index (χ0n) is 7.44. The first-order valence-corrected chi connectivity index (χ1v) is 3.74. The Kier molecular flexibility index (Phi) is 3.40. The number of nitrogens with two attached hydrogens (primary N) is 1. The topological polar surface area (TPSA) is 38.4 Å². The molecule has 0 rings (SSSR count). The van der Waals surface area contributed by atoms with Crippen molar-refractivity contribution in [3.8, 4) is 0 Å². The second-order valence-corrected chi connectivity index (χ2v) is 3.72. The largest absolute Gasteiger partial charge is 0.387 e. The van der Waals surface area contributed by atoms with Gasteiger partial charge in [0.15, 0.2) is 0 Å². The highest BCUT2D eigenvalue weighted by Gasteiger charge is 2.07. The van der Waals surface area contributed by atoms with Crippen molar-refractivity contribution in [1.82, 2.24) is 0 Å². The van der Waals surface area contributed by atoms with Gasteiger partial charge in [0.1, 0.15) is 0 Å². The first-order valence-electron chi connectivity index (χ1n) is 3.74. The van der Waals surface area contributed by atoms with Crippen molar-refractivity contribution in [2.24, 2.45) is 16.1 Å². The summed E-state index contributed by atoms with van der Waals surface area (Å²) >= 11 is 0. The quantitative estimate of drug-likeness (QED) is 0.463. The summed E-state index contributed by atoms with van der Waals surface area (Å²) in [7, 11) is 0. The van der Waals surface area contributed by atoms with Crippen LogP contribution in [0.25, 0.3) is 0 Å². The molecule has 2 heteroatoms. The maximum atomic E-state index is 5.53. The molecule has 0 atom stereocenters. The molecule has 0 spiro atoms. The Hall–Kier alpha value is -0.530. The van der Waals surface area contributed by atoms with Crippen LogP contribution in [0.4, 0.5) is 0 Å². The maximum absolute atomic E-state index is 5.53. The molecular formula is C8H18N2. The Bertz CT molecular complexity index is 120. The Morgan fingerprint density at radius 3 is 2.20 bits per heavy atom. The van der Waals surface area contributed by atoms with Gasteiger partial charge in [-0.1, -0.05) is 27.7 Å². The number of nitrogens with zero attached hydrogens (tertiary/aromatic N) is 1. The van der Waals surface area contributed by atoms with E-state index in [-0.39, 0.29) is 5.41 Å². The number of hydrogen-bond acceptors (Lipinski definition) is 1. The second-order valence-electron chi connectivity index (χ2n) is 3.72. The third-order valence-electron chi connectivity index (χ3n) is 1.12. The van der Waals surface area contributed by atoms with Gasteiger partial charge in [-0.3, -0.25) is 4.99 Å². The van der Waals surface area contributed by atoms with E-state index < -0.39 is 0 Å². The van der Waals surface area contributed by atoms with Crippen LogP contribution in [0.1, 0.15) is 34.1 Å². The van der Waals surface area contributed by atoms with Crippen LogP contribution >= 0.6 is 0 Å². The zero-order valence-corrected chi connectivity index (χ0v) is 7.44. The zero-order chi connectivity index (χ0) is 8.20. The average Bonchev–Trinajstić information content (AvgIpc) is 1.81. The van der Waals surface area contributed by atoms with Crippen LogP contribution in [-0.2, 0) is 0 Å². The highest BCUT2D eigenvalue weighted by atomic mass is 14.9. The van der Waals surface area contributed by atoms with E-state index in [1.54, 1.807) is 0 Å². The van der Waals surface area contributed by atoms with Crippen molar-refractivity contribution in [2.75, 3.05) is 6.54 Å². The van der Waals surface area contributed by atoms with E-state index in [2.05, 4.69) is 25.8 Å². The Morgan fingerprint density at radius 2 is 1.90 bits per heavy atom. The van der Waals surface area contributed by atoms with Crippen LogP contribution in [0.15, 0.2) is 4.99 Å². The summed E-state index contributed by atoms with van der Waals surface area (Å²) in [4.78, 5) is 4.21. The highest BCUT2D eigenvalue weighted by molar-refractivity contribution is 5.79. The van der Waals surface area contributed by atoms with Crippen molar-refractivity contribution in [2.45, 2.75) is 34.1 Å². The third-order valence-corrected chi connectivity index (χ3v) is 1.12. The lowest BCUT2D eigenvalue weighted by molar-refractivity contribution is 0.429. The molecule has 0 aliphatic heterocycles. The Morgan fingerprint density at radius 1 is 1.40 bits per heavy atom. The average molecular weight is 142 g/mol. The smallest absolute Gasteiger partial charge is 0.0934 e. The summed E-state index contributed by atoms with van der Waals surface area (Å²) in [6, 6.07) is 0. The molecule has 0 radical (unpaired) electrons. The fourth-order valence-electron chi connectivity index (χ4n) is 0.451. The van der Waals surface area contributed by atoms with Gasteiger partial charge in [0.2, 0.25) is 0 Å². The molecule has 0 heterocycles. The van der Waals surface area contributed by atoms with Crippen LogP contribution in [0.3, 0.4) is 0 Å². The van der Waals surface area contributed by atoms with Gasteiger partial charge in [-0.15, -0.1) is 0 Å². The van der Waals surface area contributed by atoms with Crippen LogP contribution < -0.4 is 5.73 Å². The van der Waals surface area contributed by atoms with E-state index in [1.165, 1.54) is 0 Å².